The van der Waals surface area contributed by atoms with Crippen molar-refractivity contribution in [3.8, 4) is 0 Å². The summed E-state index contributed by atoms with van der Waals surface area (Å²) in [7, 11) is 0. The van der Waals surface area contributed by atoms with Crippen LogP contribution in [0.3, 0.4) is 0 Å². The maximum absolute atomic E-state index is 10.1. The Morgan fingerprint density at radius 2 is 2.07 bits per heavy atom. The third kappa shape index (κ3) is 16.7. The summed E-state index contributed by atoms with van der Waals surface area (Å²) in [4.78, 5) is 10.1. The van der Waals surface area contributed by atoms with Gasteiger partial charge in [-0.05, 0) is 24.2 Å². The minimum Gasteiger partial charge on any atom is -0.480 e. The Morgan fingerprint density at radius 1 is 1.47 bits per heavy atom. The first-order chi connectivity index (χ1) is 7.09. The Kier molecular flexibility index (Phi) is 16.4. The summed E-state index contributed by atoms with van der Waals surface area (Å²) < 4.78 is 0. The summed E-state index contributed by atoms with van der Waals surface area (Å²) in [5.74, 6) is 1.90. The highest BCUT2D eigenvalue weighted by atomic mass is 32.2. The lowest BCUT2D eigenvalue weighted by atomic mass is 10.2. The molecule has 0 heterocycles. The molecule has 1 unspecified atom stereocenters. The van der Waals surface area contributed by atoms with Crippen LogP contribution in [0.1, 0.15) is 13.3 Å². The summed E-state index contributed by atoms with van der Waals surface area (Å²) in [5.41, 5.74) is 5.19. The molecule has 4 nitrogen and oxygen atoms in total. The number of hydrogen-bond donors (Lipinski definition) is 3. The Balaban J connectivity index is 0. The van der Waals surface area contributed by atoms with Gasteiger partial charge in [0.1, 0.15) is 6.04 Å². The average Bonchev–Trinajstić information content (AvgIpc) is 2.23. The molecule has 92 valence electrons. The number of carboxylic acid groups (broad SMARTS) is 1. The molecule has 0 saturated heterocycles. The van der Waals surface area contributed by atoms with E-state index in [0.29, 0.717) is 13.0 Å². The van der Waals surface area contributed by atoms with E-state index in [1.54, 1.807) is 23.5 Å². The zero-order valence-electron chi connectivity index (χ0n) is 9.31. The van der Waals surface area contributed by atoms with Gasteiger partial charge in [-0.2, -0.15) is 23.5 Å². The van der Waals surface area contributed by atoms with Crippen LogP contribution in [0, 0.1) is 0 Å². The number of rotatable bonds is 7. The molecular formula is C9H21NO3S2. The predicted octanol–water partition coefficient (Wildman–Crippen LogP) is 0.883. The fourth-order valence-electron chi connectivity index (χ4n) is 0.577. The van der Waals surface area contributed by atoms with E-state index < -0.39 is 12.0 Å². The largest absolute Gasteiger partial charge is 0.480 e. The summed E-state index contributed by atoms with van der Waals surface area (Å²) in [5, 5.41) is 16.5. The summed E-state index contributed by atoms with van der Waals surface area (Å²) >= 11 is 3.36. The molecule has 0 amide bonds. The molecule has 0 aromatic carbocycles. The molecule has 0 rings (SSSR count). The molecule has 6 heteroatoms. The zero-order valence-corrected chi connectivity index (χ0v) is 10.9. The topological polar surface area (TPSA) is 83.5 Å². The molecule has 0 aliphatic rings. The first-order valence-corrected chi connectivity index (χ1v) is 7.30. The van der Waals surface area contributed by atoms with Crippen molar-refractivity contribution in [2.75, 3.05) is 30.1 Å². The quantitative estimate of drug-likeness (QED) is 0.586. The third-order valence-corrected chi connectivity index (χ3v) is 2.91. The molecule has 0 fully saturated rings. The smallest absolute Gasteiger partial charge is 0.320 e. The Labute approximate surface area is 100 Å². The second-order valence-electron chi connectivity index (χ2n) is 2.65. The molecule has 4 N–H and O–H groups in total. The average molecular weight is 255 g/mol. The molecule has 1 atom stereocenters. The lowest BCUT2D eigenvalue weighted by Crippen LogP contribution is -2.30. The summed E-state index contributed by atoms with van der Waals surface area (Å²) in [6, 6.07) is -0.683. The number of aliphatic hydroxyl groups excluding tert-OH is 1. The van der Waals surface area contributed by atoms with Gasteiger partial charge in [0.2, 0.25) is 0 Å². The second kappa shape index (κ2) is 14.1. The molecule has 0 bridgehead atoms. The van der Waals surface area contributed by atoms with Crippen molar-refractivity contribution in [1.29, 1.82) is 0 Å². The zero-order chi connectivity index (χ0) is 12.1. The molecule has 0 aliphatic carbocycles. The van der Waals surface area contributed by atoms with E-state index in [1.807, 2.05) is 6.26 Å². The van der Waals surface area contributed by atoms with Gasteiger partial charge < -0.3 is 15.9 Å². The molecule has 0 spiro atoms. The van der Waals surface area contributed by atoms with Crippen LogP contribution < -0.4 is 5.73 Å². The van der Waals surface area contributed by atoms with Crippen LogP contribution in [0.4, 0.5) is 0 Å². The standard InChI is InChI=1S/C5H11NO2S.C4H10OS/c1-9-3-2-4(6)5(7)8;1-2-6-4-3-5/h4H,2-3,6H2,1H3,(H,7,8);5H,2-4H2,1H3. The second-order valence-corrected chi connectivity index (χ2v) is 5.03. The van der Waals surface area contributed by atoms with Crippen LogP contribution in [0.25, 0.3) is 0 Å². The fourth-order valence-corrected chi connectivity index (χ4v) is 1.48. The number of carbonyl (C=O) groups is 1. The Hall–Kier alpha value is 0.0900. The van der Waals surface area contributed by atoms with Crippen LogP contribution >= 0.6 is 23.5 Å². The Morgan fingerprint density at radius 3 is 2.33 bits per heavy atom. The van der Waals surface area contributed by atoms with Crippen LogP contribution in [0.2, 0.25) is 0 Å². The number of aliphatic hydroxyl groups is 1. The minimum absolute atomic E-state index is 0.318. The molecule has 0 radical (unpaired) electrons. The van der Waals surface area contributed by atoms with E-state index in [2.05, 4.69) is 6.92 Å². The summed E-state index contributed by atoms with van der Waals surface area (Å²) in [6.45, 7) is 2.40. The first-order valence-electron chi connectivity index (χ1n) is 4.76. The lowest BCUT2D eigenvalue weighted by Gasteiger charge is -2.02. The summed E-state index contributed by atoms with van der Waals surface area (Å²) in [6.07, 6.45) is 2.48. The van der Waals surface area contributed by atoms with Crippen molar-refractivity contribution in [3.05, 3.63) is 0 Å². The third-order valence-electron chi connectivity index (χ3n) is 1.39. The van der Waals surface area contributed by atoms with Gasteiger partial charge in [0, 0.05) is 5.75 Å². The van der Waals surface area contributed by atoms with Crippen LogP contribution in [-0.4, -0.2) is 52.3 Å². The van der Waals surface area contributed by atoms with Gasteiger partial charge in [0.25, 0.3) is 0 Å². The maximum Gasteiger partial charge on any atom is 0.320 e. The maximum atomic E-state index is 10.1. The number of nitrogens with two attached hydrogens (primary N) is 1. The fraction of sp³-hybridized carbons (Fsp3) is 0.889. The van der Waals surface area contributed by atoms with Gasteiger partial charge >= 0.3 is 5.97 Å². The number of thioether (sulfide) groups is 2. The molecule has 0 aromatic heterocycles. The van der Waals surface area contributed by atoms with E-state index >= 15 is 0 Å². The van der Waals surface area contributed by atoms with Crippen molar-refractivity contribution in [1.82, 2.24) is 0 Å². The van der Waals surface area contributed by atoms with Gasteiger partial charge in [0.05, 0.1) is 6.61 Å². The van der Waals surface area contributed by atoms with Crippen LogP contribution in [-0.2, 0) is 4.79 Å². The normalized spacial score (nSPS) is 11.5. The molecular weight excluding hydrogens is 234 g/mol. The van der Waals surface area contributed by atoms with Crippen LogP contribution in [0.5, 0.6) is 0 Å². The number of aliphatic carboxylic acids is 1. The molecule has 0 saturated carbocycles. The highest BCUT2D eigenvalue weighted by molar-refractivity contribution is 7.99. The van der Waals surface area contributed by atoms with Gasteiger partial charge in [-0.3, -0.25) is 4.79 Å². The van der Waals surface area contributed by atoms with Crippen molar-refractivity contribution in [2.24, 2.45) is 5.73 Å². The van der Waals surface area contributed by atoms with Crippen molar-refractivity contribution >= 4 is 29.5 Å². The van der Waals surface area contributed by atoms with E-state index in [9.17, 15) is 4.79 Å². The molecule has 0 aromatic rings. The van der Waals surface area contributed by atoms with Crippen LogP contribution in [0.15, 0.2) is 0 Å². The highest BCUT2D eigenvalue weighted by Gasteiger charge is 2.08. The monoisotopic (exact) mass is 255 g/mol. The molecule has 15 heavy (non-hydrogen) atoms. The van der Waals surface area contributed by atoms with Gasteiger partial charge in [-0.25, -0.2) is 0 Å². The predicted molar refractivity (Wildman–Crippen MR) is 68.7 cm³/mol. The van der Waals surface area contributed by atoms with E-state index in [-0.39, 0.29) is 0 Å². The van der Waals surface area contributed by atoms with Crippen molar-refractivity contribution in [2.45, 2.75) is 19.4 Å². The van der Waals surface area contributed by atoms with Crippen molar-refractivity contribution < 1.29 is 15.0 Å². The molecule has 0 aliphatic heterocycles. The Bertz CT molecular complexity index is 143. The first kappa shape index (κ1) is 17.5. The van der Waals surface area contributed by atoms with Gasteiger partial charge in [-0.1, -0.05) is 6.92 Å². The van der Waals surface area contributed by atoms with Crippen molar-refractivity contribution in [3.63, 3.8) is 0 Å². The van der Waals surface area contributed by atoms with E-state index in [1.165, 1.54) is 0 Å². The van der Waals surface area contributed by atoms with Gasteiger partial charge in [-0.15, -0.1) is 0 Å². The number of carboxylic acids is 1. The van der Waals surface area contributed by atoms with Gasteiger partial charge in [0.15, 0.2) is 0 Å². The minimum atomic E-state index is -0.913. The van der Waals surface area contributed by atoms with E-state index in [0.717, 1.165) is 17.3 Å². The highest BCUT2D eigenvalue weighted by Crippen LogP contribution is 1.97. The lowest BCUT2D eigenvalue weighted by molar-refractivity contribution is -0.138. The number of hydrogen-bond acceptors (Lipinski definition) is 5. The van der Waals surface area contributed by atoms with E-state index in [4.69, 9.17) is 15.9 Å². The SMILES string of the molecule is CCSCCO.CSCCC(N)C(=O)O.